The van der Waals surface area contributed by atoms with E-state index in [0.717, 1.165) is 62.5 Å². The van der Waals surface area contributed by atoms with Gasteiger partial charge in [-0.15, -0.1) is 0 Å². The number of aliphatic hydroxyl groups is 2. The molecule has 0 bridgehead atoms. The second-order valence-corrected chi connectivity index (χ2v) is 14.0. The van der Waals surface area contributed by atoms with Crippen LogP contribution in [0.3, 0.4) is 0 Å². The molecule has 0 unspecified atom stereocenters. The third-order valence-corrected chi connectivity index (χ3v) is 11.8. The van der Waals surface area contributed by atoms with Crippen LogP contribution in [0.15, 0.2) is 11.1 Å². The Kier molecular flexibility index (Phi) is 7.36. The van der Waals surface area contributed by atoms with Crippen molar-refractivity contribution in [3.63, 3.8) is 0 Å². The molecule has 0 aromatic heterocycles. The van der Waals surface area contributed by atoms with Crippen molar-refractivity contribution in [2.24, 2.45) is 46.3 Å². The summed E-state index contributed by atoms with van der Waals surface area (Å²) in [6.45, 7) is 16.0. The maximum atomic E-state index is 12.2. The number of aliphatic hydroxyl groups excluding tert-OH is 1. The van der Waals surface area contributed by atoms with Gasteiger partial charge in [0.05, 0.1) is 11.7 Å². The summed E-state index contributed by atoms with van der Waals surface area (Å²) < 4.78 is 5.93. The Morgan fingerprint density at radius 3 is 2.36 bits per heavy atom. The first kappa shape index (κ1) is 27.8. The van der Waals surface area contributed by atoms with Gasteiger partial charge in [-0.25, -0.2) is 0 Å². The van der Waals surface area contributed by atoms with Crippen LogP contribution < -0.4 is 0 Å². The Hall–Kier alpha value is -1.20. The summed E-state index contributed by atoms with van der Waals surface area (Å²) in [7, 11) is 0. The van der Waals surface area contributed by atoms with Crippen molar-refractivity contribution in [1.29, 1.82) is 0 Å². The maximum Gasteiger partial charge on any atom is 0.303 e. The number of carbonyl (C=O) groups excluding carboxylic acids is 2. The molecule has 0 radical (unpaired) electrons. The minimum atomic E-state index is -0.906. The highest BCUT2D eigenvalue weighted by molar-refractivity contribution is 5.79. The van der Waals surface area contributed by atoms with Gasteiger partial charge in [-0.2, -0.15) is 0 Å². The summed E-state index contributed by atoms with van der Waals surface area (Å²) in [6, 6.07) is 0. The molecule has 0 spiro atoms. The van der Waals surface area contributed by atoms with E-state index in [2.05, 4.69) is 13.8 Å². The second-order valence-electron chi connectivity index (χ2n) is 14.0. The maximum absolute atomic E-state index is 12.2. The van der Waals surface area contributed by atoms with E-state index >= 15 is 0 Å². The zero-order chi connectivity index (χ0) is 26.8. The van der Waals surface area contributed by atoms with E-state index in [-0.39, 0.29) is 28.6 Å². The topological polar surface area (TPSA) is 83.8 Å². The monoisotopic (exact) mass is 502 g/mol. The fraction of sp³-hybridized carbons (Fsp3) is 0.871. The Balaban J connectivity index is 1.68. The number of rotatable bonds is 5. The molecule has 0 amide bonds. The zero-order valence-corrected chi connectivity index (χ0v) is 23.9. The molecular weight excluding hydrogens is 452 g/mol. The average molecular weight is 503 g/mol. The van der Waals surface area contributed by atoms with E-state index in [1.807, 2.05) is 20.8 Å². The number of esters is 1. The summed E-state index contributed by atoms with van der Waals surface area (Å²) in [6.07, 6.45) is 6.72. The molecule has 0 heterocycles. The Morgan fingerprint density at radius 2 is 1.75 bits per heavy atom. The standard InChI is InChI=1S/C31H50O5/c1-17(19(3)29(5,6)35)28(36-20(4)32)18(2)27-26(34)16-25-23-10-9-21-15-22(33)11-13-30(21,7)24(23)12-14-31(25,27)8/h17,19,21,23-26,28,34-35H,9-16H2,1-8H3/b27-18+/t17-,19-,21-,23+,24-,25-,26-,28+,30-,31-/m0/s1. The van der Waals surface area contributed by atoms with Crippen LogP contribution in [-0.2, 0) is 14.3 Å². The number of ether oxygens (including phenoxy) is 1. The molecule has 0 saturated heterocycles. The van der Waals surface area contributed by atoms with Gasteiger partial charge in [0.1, 0.15) is 11.9 Å². The highest BCUT2D eigenvalue weighted by Gasteiger charge is 2.61. The van der Waals surface area contributed by atoms with Crippen molar-refractivity contribution in [1.82, 2.24) is 0 Å². The van der Waals surface area contributed by atoms with Gasteiger partial charge < -0.3 is 14.9 Å². The second kappa shape index (κ2) is 9.52. The third kappa shape index (κ3) is 4.51. The highest BCUT2D eigenvalue weighted by atomic mass is 16.5. The summed E-state index contributed by atoms with van der Waals surface area (Å²) in [5.41, 5.74) is 1.28. The highest BCUT2D eigenvalue weighted by Crippen LogP contribution is 2.67. The number of carbonyl (C=O) groups is 2. The van der Waals surface area contributed by atoms with Crippen LogP contribution in [0.25, 0.3) is 0 Å². The molecule has 204 valence electrons. The van der Waals surface area contributed by atoms with E-state index in [4.69, 9.17) is 4.74 Å². The minimum absolute atomic E-state index is 0.0956. The molecule has 36 heavy (non-hydrogen) atoms. The van der Waals surface area contributed by atoms with E-state index in [9.17, 15) is 19.8 Å². The third-order valence-electron chi connectivity index (χ3n) is 11.8. The number of Topliss-reactive ketones (excluding diaryl/α,β-unsaturated/α-hetero) is 1. The minimum Gasteiger partial charge on any atom is -0.458 e. The van der Waals surface area contributed by atoms with Crippen molar-refractivity contribution in [3.8, 4) is 0 Å². The normalized spacial score (nSPS) is 42.5. The van der Waals surface area contributed by atoms with Crippen LogP contribution in [0.4, 0.5) is 0 Å². The van der Waals surface area contributed by atoms with Gasteiger partial charge in [-0.05, 0) is 111 Å². The number of hydrogen-bond donors (Lipinski definition) is 2. The molecule has 4 aliphatic rings. The van der Waals surface area contributed by atoms with Crippen LogP contribution in [0.5, 0.6) is 0 Å². The Bertz CT molecular complexity index is 914. The predicted octanol–water partition coefficient (Wildman–Crippen LogP) is 5.86. The van der Waals surface area contributed by atoms with Crippen LogP contribution in [0.2, 0.25) is 0 Å². The first-order valence-corrected chi connectivity index (χ1v) is 14.4. The summed E-state index contributed by atoms with van der Waals surface area (Å²) in [5.74, 6) is 2.04. The van der Waals surface area contributed by atoms with E-state index in [1.54, 1.807) is 13.8 Å². The van der Waals surface area contributed by atoms with Gasteiger partial charge in [0.25, 0.3) is 0 Å². The lowest BCUT2D eigenvalue weighted by atomic mass is 9.45. The van der Waals surface area contributed by atoms with Gasteiger partial charge in [0.15, 0.2) is 0 Å². The average Bonchev–Trinajstić information content (AvgIpc) is 3.05. The smallest absolute Gasteiger partial charge is 0.303 e. The van der Waals surface area contributed by atoms with Gasteiger partial charge >= 0.3 is 5.97 Å². The van der Waals surface area contributed by atoms with Crippen molar-refractivity contribution < 1.29 is 24.5 Å². The number of ketones is 1. The molecule has 0 aliphatic heterocycles. The SMILES string of the molecule is CC(=O)O[C@@H](/C(C)=C1\[C@@H](O)C[C@H]2[C@@H]3CC[C@H]4CC(=O)CC[C@]4(C)[C@H]3CC[C@]12C)[C@@H](C)[C@H](C)C(C)(C)O. The van der Waals surface area contributed by atoms with Crippen molar-refractivity contribution in [3.05, 3.63) is 11.1 Å². The van der Waals surface area contributed by atoms with Crippen LogP contribution >= 0.6 is 0 Å². The van der Waals surface area contributed by atoms with Crippen LogP contribution in [-0.4, -0.2) is 39.8 Å². The quantitative estimate of drug-likeness (QED) is 0.363. The number of fused-ring (bicyclic) bond motifs is 5. The lowest BCUT2D eigenvalue weighted by molar-refractivity contribution is -0.149. The van der Waals surface area contributed by atoms with Crippen molar-refractivity contribution in [2.75, 3.05) is 0 Å². The molecule has 2 N–H and O–H groups in total. The van der Waals surface area contributed by atoms with Crippen LogP contribution in [0, 0.1) is 46.3 Å². The van der Waals surface area contributed by atoms with Gasteiger partial charge in [0.2, 0.25) is 0 Å². The van der Waals surface area contributed by atoms with Gasteiger partial charge in [0, 0.05) is 25.7 Å². The van der Waals surface area contributed by atoms with E-state index in [0.29, 0.717) is 29.5 Å². The fourth-order valence-corrected chi connectivity index (χ4v) is 9.41. The predicted molar refractivity (Wildman–Crippen MR) is 141 cm³/mol. The molecule has 0 aromatic carbocycles. The summed E-state index contributed by atoms with van der Waals surface area (Å²) in [4.78, 5) is 24.4. The first-order chi connectivity index (χ1) is 16.6. The molecule has 4 rings (SSSR count). The Morgan fingerprint density at radius 1 is 1.08 bits per heavy atom. The first-order valence-electron chi connectivity index (χ1n) is 14.4. The van der Waals surface area contributed by atoms with E-state index in [1.165, 1.54) is 6.92 Å². The molecule has 10 atom stereocenters. The molecule has 4 aliphatic carbocycles. The van der Waals surface area contributed by atoms with Gasteiger partial charge in [-0.1, -0.05) is 27.7 Å². The molecule has 5 heteroatoms. The number of hydrogen-bond acceptors (Lipinski definition) is 5. The molecule has 5 nitrogen and oxygen atoms in total. The van der Waals surface area contributed by atoms with Crippen LogP contribution in [0.1, 0.15) is 107 Å². The summed E-state index contributed by atoms with van der Waals surface area (Å²) in [5, 5.41) is 22.3. The van der Waals surface area contributed by atoms with Crippen molar-refractivity contribution in [2.45, 2.75) is 125 Å². The molecular formula is C31H50O5. The fourth-order valence-electron chi connectivity index (χ4n) is 9.41. The van der Waals surface area contributed by atoms with Crippen molar-refractivity contribution >= 4 is 11.8 Å². The zero-order valence-electron chi connectivity index (χ0n) is 23.9. The van der Waals surface area contributed by atoms with Gasteiger partial charge in [-0.3, -0.25) is 9.59 Å². The molecule has 4 saturated carbocycles. The lowest BCUT2D eigenvalue weighted by Gasteiger charge is -2.59. The van der Waals surface area contributed by atoms with E-state index < -0.39 is 17.8 Å². The molecule has 0 aromatic rings. The lowest BCUT2D eigenvalue weighted by Crippen LogP contribution is -2.53. The molecule has 4 fully saturated rings. The summed E-state index contributed by atoms with van der Waals surface area (Å²) >= 11 is 0. The largest absolute Gasteiger partial charge is 0.458 e. The Labute approximate surface area is 218 Å².